The molecule has 0 saturated heterocycles. The van der Waals surface area contributed by atoms with E-state index < -0.39 is 5.97 Å². The van der Waals surface area contributed by atoms with E-state index in [9.17, 15) is 4.79 Å². The van der Waals surface area contributed by atoms with Crippen LogP contribution >= 0.6 is 15.9 Å². The minimum atomic E-state index is -0.497. The number of nitrogen functional groups attached to an aromatic ring is 1. The van der Waals surface area contributed by atoms with Gasteiger partial charge in [0, 0.05) is 6.20 Å². The quantitative estimate of drug-likeness (QED) is 0.667. The average Bonchev–Trinajstić information content (AvgIpc) is 2.86. The SMILES string of the molecule is CC#Cc1nn(-c2nc(Br)cnc2N)cc1C(=O)OCC. The normalized spacial score (nSPS) is 9.86. The Bertz CT molecular complexity index is 745. The third kappa shape index (κ3) is 3.20. The van der Waals surface area contributed by atoms with Crippen molar-refractivity contribution in [2.45, 2.75) is 13.8 Å². The highest BCUT2D eigenvalue weighted by Gasteiger charge is 2.18. The van der Waals surface area contributed by atoms with E-state index in [0.717, 1.165) is 0 Å². The largest absolute Gasteiger partial charge is 0.462 e. The molecular formula is C13H12BrN5O2. The summed E-state index contributed by atoms with van der Waals surface area (Å²) >= 11 is 3.21. The molecule has 0 fully saturated rings. The first-order valence-corrected chi connectivity index (χ1v) is 6.84. The molecule has 0 bridgehead atoms. The Labute approximate surface area is 129 Å². The van der Waals surface area contributed by atoms with Gasteiger partial charge in [0.1, 0.15) is 15.9 Å². The van der Waals surface area contributed by atoms with Crippen molar-refractivity contribution in [3.8, 4) is 17.7 Å². The number of hydrogen-bond donors (Lipinski definition) is 1. The van der Waals surface area contributed by atoms with Gasteiger partial charge in [-0.05, 0) is 35.7 Å². The van der Waals surface area contributed by atoms with E-state index in [1.165, 1.54) is 17.1 Å². The Morgan fingerprint density at radius 2 is 2.33 bits per heavy atom. The number of carbonyl (C=O) groups is 1. The third-order valence-electron chi connectivity index (χ3n) is 2.42. The number of carbonyl (C=O) groups excluding carboxylic acids is 1. The van der Waals surface area contributed by atoms with Crippen LogP contribution in [0.4, 0.5) is 5.82 Å². The average molecular weight is 350 g/mol. The zero-order valence-corrected chi connectivity index (χ0v) is 13.0. The number of ether oxygens (including phenoxy) is 1. The van der Waals surface area contributed by atoms with E-state index in [1.54, 1.807) is 13.8 Å². The summed E-state index contributed by atoms with van der Waals surface area (Å²) in [5.74, 6) is 5.45. The maximum Gasteiger partial charge on any atom is 0.342 e. The van der Waals surface area contributed by atoms with Gasteiger partial charge in [-0.1, -0.05) is 5.92 Å². The molecular weight excluding hydrogens is 338 g/mol. The van der Waals surface area contributed by atoms with Gasteiger partial charge in [0.2, 0.25) is 0 Å². The fraction of sp³-hybridized carbons (Fsp3) is 0.231. The molecule has 21 heavy (non-hydrogen) atoms. The molecule has 0 spiro atoms. The van der Waals surface area contributed by atoms with Crippen molar-refractivity contribution in [1.82, 2.24) is 19.7 Å². The van der Waals surface area contributed by atoms with Gasteiger partial charge in [-0.25, -0.2) is 19.4 Å². The van der Waals surface area contributed by atoms with Gasteiger partial charge in [-0.3, -0.25) is 0 Å². The van der Waals surface area contributed by atoms with Crippen LogP contribution in [-0.2, 0) is 4.74 Å². The van der Waals surface area contributed by atoms with Crippen LogP contribution in [0.1, 0.15) is 29.9 Å². The summed E-state index contributed by atoms with van der Waals surface area (Å²) < 4.78 is 6.84. The van der Waals surface area contributed by atoms with Gasteiger partial charge in [-0.2, -0.15) is 5.10 Å². The van der Waals surface area contributed by atoms with Crippen LogP contribution in [0, 0.1) is 11.8 Å². The monoisotopic (exact) mass is 349 g/mol. The minimum absolute atomic E-state index is 0.187. The van der Waals surface area contributed by atoms with Crippen LogP contribution in [0.15, 0.2) is 17.0 Å². The van der Waals surface area contributed by atoms with Crippen LogP contribution in [0.5, 0.6) is 0 Å². The zero-order chi connectivity index (χ0) is 15.4. The number of nitrogens with zero attached hydrogens (tertiary/aromatic N) is 4. The van der Waals surface area contributed by atoms with Crippen molar-refractivity contribution < 1.29 is 9.53 Å². The minimum Gasteiger partial charge on any atom is -0.462 e. The molecule has 2 aromatic heterocycles. The molecule has 2 rings (SSSR count). The Morgan fingerprint density at radius 1 is 1.57 bits per heavy atom. The molecule has 108 valence electrons. The van der Waals surface area contributed by atoms with Gasteiger partial charge >= 0.3 is 5.97 Å². The molecule has 2 N–H and O–H groups in total. The first kappa shape index (κ1) is 15.0. The van der Waals surface area contributed by atoms with Crippen molar-refractivity contribution in [3.63, 3.8) is 0 Å². The number of hydrogen-bond acceptors (Lipinski definition) is 6. The summed E-state index contributed by atoms with van der Waals surface area (Å²) in [4.78, 5) is 20.1. The lowest BCUT2D eigenvalue weighted by atomic mass is 10.2. The summed E-state index contributed by atoms with van der Waals surface area (Å²) in [6.45, 7) is 3.65. The van der Waals surface area contributed by atoms with Crippen molar-refractivity contribution >= 4 is 27.7 Å². The predicted octanol–water partition coefficient (Wildman–Crippen LogP) is 1.56. The van der Waals surface area contributed by atoms with Gasteiger partial charge < -0.3 is 10.5 Å². The van der Waals surface area contributed by atoms with Gasteiger partial charge in [0.05, 0.1) is 12.8 Å². The molecule has 0 atom stereocenters. The Balaban J connectivity index is 2.55. The second-order valence-corrected chi connectivity index (χ2v) is 4.65. The number of nitrogens with two attached hydrogens (primary N) is 1. The van der Waals surface area contributed by atoms with Gasteiger partial charge in [0.25, 0.3) is 0 Å². The van der Waals surface area contributed by atoms with Crippen molar-refractivity contribution in [3.05, 3.63) is 28.3 Å². The molecule has 0 aromatic carbocycles. The second kappa shape index (κ2) is 6.37. The molecule has 0 amide bonds. The zero-order valence-electron chi connectivity index (χ0n) is 11.4. The maximum atomic E-state index is 11.9. The molecule has 2 aromatic rings. The summed E-state index contributed by atoms with van der Waals surface area (Å²) in [7, 11) is 0. The lowest BCUT2D eigenvalue weighted by Crippen LogP contribution is -2.06. The number of aromatic nitrogens is 4. The number of esters is 1. The van der Waals surface area contributed by atoms with Crippen molar-refractivity contribution in [2.24, 2.45) is 0 Å². The number of halogens is 1. The fourth-order valence-electron chi connectivity index (χ4n) is 1.59. The highest BCUT2D eigenvalue weighted by atomic mass is 79.9. The molecule has 0 aliphatic carbocycles. The second-order valence-electron chi connectivity index (χ2n) is 3.83. The molecule has 8 heteroatoms. The van der Waals surface area contributed by atoms with E-state index in [0.29, 0.717) is 16.1 Å². The Morgan fingerprint density at radius 3 is 3.00 bits per heavy atom. The summed E-state index contributed by atoms with van der Waals surface area (Å²) in [6.07, 6.45) is 2.95. The Hall–Kier alpha value is -2.40. The lowest BCUT2D eigenvalue weighted by Gasteiger charge is -2.03. The van der Waals surface area contributed by atoms with Crippen LogP contribution in [0.2, 0.25) is 0 Å². The van der Waals surface area contributed by atoms with Crippen LogP contribution < -0.4 is 5.73 Å². The smallest absolute Gasteiger partial charge is 0.342 e. The van der Waals surface area contributed by atoms with E-state index >= 15 is 0 Å². The maximum absolute atomic E-state index is 11.9. The molecule has 0 aliphatic rings. The summed E-state index contributed by atoms with van der Waals surface area (Å²) in [5.41, 5.74) is 6.34. The van der Waals surface area contributed by atoms with Gasteiger partial charge in [0.15, 0.2) is 11.6 Å². The molecule has 7 nitrogen and oxygen atoms in total. The van der Waals surface area contributed by atoms with E-state index in [-0.39, 0.29) is 18.0 Å². The highest BCUT2D eigenvalue weighted by molar-refractivity contribution is 9.10. The van der Waals surface area contributed by atoms with E-state index in [1.807, 2.05) is 0 Å². The predicted molar refractivity (Wildman–Crippen MR) is 79.8 cm³/mol. The number of rotatable bonds is 3. The lowest BCUT2D eigenvalue weighted by molar-refractivity contribution is 0.0526. The van der Waals surface area contributed by atoms with Crippen molar-refractivity contribution in [2.75, 3.05) is 12.3 Å². The topological polar surface area (TPSA) is 95.9 Å². The highest BCUT2D eigenvalue weighted by Crippen LogP contribution is 2.17. The van der Waals surface area contributed by atoms with E-state index in [4.69, 9.17) is 10.5 Å². The van der Waals surface area contributed by atoms with Crippen LogP contribution in [0.3, 0.4) is 0 Å². The standard InChI is InChI=1S/C13H12BrN5O2/c1-3-5-9-8(13(20)21-4-2)7-19(18-9)12-11(15)16-6-10(14)17-12/h6-7H,4H2,1-2H3,(H2,15,16). The van der Waals surface area contributed by atoms with Crippen molar-refractivity contribution in [1.29, 1.82) is 0 Å². The molecule has 0 unspecified atom stereocenters. The third-order valence-corrected chi connectivity index (χ3v) is 2.80. The first-order chi connectivity index (χ1) is 10.1. The summed E-state index contributed by atoms with van der Waals surface area (Å²) in [6, 6.07) is 0. The molecule has 2 heterocycles. The number of anilines is 1. The first-order valence-electron chi connectivity index (χ1n) is 6.04. The van der Waals surface area contributed by atoms with Gasteiger partial charge in [-0.15, -0.1) is 0 Å². The molecule has 0 radical (unpaired) electrons. The molecule has 0 saturated carbocycles. The van der Waals surface area contributed by atoms with Crippen LogP contribution in [0.25, 0.3) is 5.82 Å². The van der Waals surface area contributed by atoms with E-state index in [2.05, 4.69) is 42.8 Å². The van der Waals surface area contributed by atoms with Crippen LogP contribution in [-0.4, -0.2) is 32.3 Å². The molecule has 0 aliphatic heterocycles. The Kier molecular flexibility index (Phi) is 4.55. The summed E-state index contributed by atoms with van der Waals surface area (Å²) in [5, 5.41) is 4.21. The fourth-order valence-corrected chi connectivity index (χ4v) is 1.86.